The summed E-state index contributed by atoms with van der Waals surface area (Å²) in [5.74, 6) is -0.270. The average Bonchev–Trinajstić information content (AvgIpc) is 2.90. The molecule has 0 saturated carbocycles. The minimum atomic E-state index is -0.270. The third-order valence-electron chi connectivity index (χ3n) is 4.21. The van der Waals surface area contributed by atoms with Crippen molar-refractivity contribution >= 4 is 51.4 Å². The predicted molar refractivity (Wildman–Crippen MR) is 107 cm³/mol. The minimum Gasteiger partial charge on any atom is -0.268 e. The number of rotatable bonds is 3. The van der Waals surface area contributed by atoms with Crippen LogP contribution in [0.3, 0.4) is 0 Å². The molecule has 0 unspecified atom stereocenters. The van der Waals surface area contributed by atoms with Gasteiger partial charge in [0.2, 0.25) is 0 Å². The van der Waals surface area contributed by atoms with E-state index in [1.807, 2.05) is 54.6 Å². The fraction of sp³-hybridized carbons (Fsp3) is 0.0476. The van der Waals surface area contributed by atoms with Crippen molar-refractivity contribution < 1.29 is 9.59 Å². The highest BCUT2D eigenvalue weighted by atomic mass is 35.5. The molecule has 4 rings (SSSR count). The average molecular weight is 380 g/mol. The lowest BCUT2D eigenvalue weighted by atomic mass is 10.0. The molecule has 0 aliphatic carbocycles. The molecule has 3 nitrogen and oxygen atoms in total. The van der Waals surface area contributed by atoms with Gasteiger partial charge in [0.25, 0.3) is 11.1 Å². The Hall–Kier alpha value is -2.56. The van der Waals surface area contributed by atoms with E-state index in [0.717, 1.165) is 33.7 Å². The Bertz CT molecular complexity index is 1060. The first-order valence-electron chi connectivity index (χ1n) is 8.09. The third-order valence-corrected chi connectivity index (χ3v) is 5.36. The van der Waals surface area contributed by atoms with Crippen LogP contribution >= 0.6 is 23.4 Å². The summed E-state index contributed by atoms with van der Waals surface area (Å²) >= 11 is 6.96. The monoisotopic (exact) mass is 379 g/mol. The number of thioether (sulfide) groups is 1. The van der Waals surface area contributed by atoms with E-state index >= 15 is 0 Å². The van der Waals surface area contributed by atoms with Crippen LogP contribution in [0.1, 0.15) is 11.1 Å². The van der Waals surface area contributed by atoms with Crippen molar-refractivity contribution in [1.82, 2.24) is 4.90 Å². The van der Waals surface area contributed by atoms with E-state index in [1.54, 1.807) is 18.2 Å². The van der Waals surface area contributed by atoms with E-state index in [2.05, 4.69) is 0 Å². The lowest BCUT2D eigenvalue weighted by Crippen LogP contribution is -2.27. The first-order chi connectivity index (χ1) is 12.6. The molecule has 0 atom stereocenters. The van der Waals surface area contributed by atoms with Crippen molar-refractivity contribution in [3.8, 4) is 0 Å². The van der Waals surface area contributed by atoms with E-state index < -0.39 is 0 Å². The molecule has 1 aliphatic rings. The van der Waals surface area contributed by atoms with Crippen LogP contribution < -0.4 is 0 Å². The van der Waals surface area contributed by atoms with Crippen LogP contribution in [0.2, 0.25) is 5.02 Å². The second-order valence-corrected chi connectivity index (χ2v) is 7.40. The number of fused-ring (bicyclic) bond motifs is 1. The van der Waals surface area contributed by atoms with Gasteiger partial charge in [-0.3, -0.25) is 14.5 Å². The number of amides is 2. The van der Waals surface area contributed by atoms with Crippen LogP contribution in [0.4, 0.5) is 4.79 Å². The molecular weight excluding hydrogens is 366 g/mol. The molecule has 0 aromatic heterocycles. The molecular formula is C21H14ClNO2S. The first-order valence-corrected chi connectivity index (χ1v) is 9.29. The fourth-order valence-electron chi connectivity index (χ4n) is 2.97. The molecule has 5 heteroatoms. The Kier molecular flexibility index (Phi) is 4.53. The molecule has 1 aliphatic heterocycles. The van der Waals surface area contributed by atoms with Crippen molar-refractivity contribution in [2.24, 2.45) is 0 Å². The highest BCUT2D eigenvalue weighted by Gasteiger charge is 2.35. The first kappa shape index (κ1) is 16.9. The number of imide groups is 1. The van der Waals surface area contributed by atoms with Crippen LogP contribution in [-0.2, 0) is 11.3 Å². The van der Waals surface area contributed by atoms with Crippen molar-refractivity contribution in [3.05, 3.63) is 87.8 Å². The zero-order valence-electron chi connectivity index (χ0n) is 13.7. The summed E-state index contributed by atoms with van der Waals surface area (Å²) in [5, 5.41) is 2.47. The van der Waals surface area contributed by atoms with E-state index in [1.165, 1.54) is 4.90 Å². The number of hydrogen-bond acceptors (Lipinski definition) is 3. The maximum atomic E-state index is 12.7. The SMILES string of the molecule is O=C1S/C(=C\c2cccc3ccccc23)C(=O)N1Cc1cccc(Cl)c1. The van der Waals surface area contributed by atoms with Crippen LogP contribution in [0, 0.1) is 0 Å². The molecule has 0 radical (unpaired) electrons. The van der Waals surface area contributed by atoms with Gasteiger partial charge in [0.05, 0.1) is 11.4 Å². The standard InChI is InChI=1S/C21H14ClNO2S/c22-17-9-3-5-14(11-17)13-23-20(24)19(26-21(23)25)12-16-8-4-7-15-6-1-2-10-18(15)16/h1-12H,13H2/b19-12-. The quantitative estimate of drug-likeness (QED) is 0.545. The smallest absolute Gasteiger partial charge is 0.268 e. The van der Waals surface area contributed by atoms with Gasteiger partial charge in [-0.15, -0.1) is 0 Å². The molecule has 3 aromatic rings. The normalized spacial score (nSPS) is 16.0. The molecule has 0 bridgehead atoms. The Labute approximate surface area is 160 Å². The summed E-state index contributed by atoms with van der Waals surface area (Å²) in [6.45, 7) is 0.220. The van der Waals surface area contributed by atoms with Crippen LogP contribution in [0.25, 0.3) is 16.8 Å². The van der Waals surface area contributed by atoms with Gasteiger partial charge >= 0.3 is 0 Å². The Morgan fingerprint density at radius 2 is 1.73 bits per heavy atom. The van der Waals surface area contributed by atoms with Crippen molar-refractivity contribution in [1.29, 1.82) is 0 Å². The number of nitrogens with zero attached hydrogens (tertiary/aromatic N) is 1. The molecule has 26 heavy (non-hydrogen) atoms. The summed E-state index contributed by atoms with van der Waals surface area (Å²) < 4.78 is 0. The fourth-order valence-corrected chi connectivity index (χ4v) is 4.01. The van der Waals surface area contributed by atoms with Crippen molar-refractivity contribution in [3.63, 3.8) is 0 Å². The molecule has 1 heterocycles. The van der Waals surface area contributed by atoms with Gasteiger partial charge in [-0.05, 0) is 51.9 Å². The number of carbonyl (C=O) groups is 2. The van der Waals surface area contributed by atoms with E-state index in [-0.39, 0.29) is 17.7 Å². The molecule has 1 fully saturated rings. The summed E-state index contributed by atoms with van der Waals surface area (Å²) in [4.78, 5) is 26.8. The Morgan fingerprint density at radius 1 is 0.962 bits per heavy atom. The largest absolute Gasteiger partial charge is 0.293 e. The van der Waals surface area contributed by atoms with Crippen molar-refractivity contribution in [2.45, 2.75) is 6.54 Å². The topological polar surface area (TPSA) is 37.4 Å². The van der Waals surface area contributed by atoms with Gasteiger partial charge in [-0.2, -0.15) is 0 Å². The lowest BCUT2D eigenvalue weighted by molar-refractivity contribution is -0.123. The van der Waals surface area contributed by atoms with Gasteiger partial charge in [-0.25, -0.2) is 0 Å². The van der Waals surface area contributed by atoms with E-state index in [4.69, 9.17) is 11.6 Å². The number of carbonyl (C=O) groups excluding carboxylic acids is 2. The molecule has 1 saturated heterocycles. The van der Waals surface area contributed by atoms with Gasteiger partial charge in [0.1, 0.15) is 0 Å². The van der Waals surface area contributed by atoms with Crippen LogP contribution in [0.5, 0.6) is 0 Å². The van der Waals surface area contributed by atoms with Gasteiger partial charge in [0.15, 0.2) is 0 Å². The summed E-state index contributed by atoms with van der Waals surface area (Å²) in [5.41, 5.74) is 1.75. The highest BCUT2D eigenvalue weighted by Crippen LogP contribution is 2.34. The minimum absolute atomic E-state index is 0.220. The van der Waals surface area contributed by atoms with Gasteiger partial charge in [-0.1, -0.05) is 66.2 Å². The number of halogens is 1. The molecule has 3 aromatic carbocycles. The van der Waals surface area contributed by atoms with Crippen molar-refractivity contribution in [2.75, 3.05) is 0 Å². The maximum absolute atomic E-state index is 12.7. The third kappa shape index (κ3) is 3.26. The van der Waals surface area contributed by atoms with Crippen LogP contribution in [-0.4, -0.2) is 16.0 Å². The summed E-state index contributed by atoms with van der Waals surface area (Å²) in [6, 6.07) is 21.1. The van der Waals surface area contributed by atoms with Gasteiger partial charge < -0.3 is 0 Å². The highest BCUT2D eigenvalue weighted by molar-refractivity contribution is 8.18. The second kappa shape index (κ2) is 6.98. The number of hydrogen-bond donors (Lipinski definition) is 0. The summed E-state index contributed by atoms with van der Waals surface area (Å²) in [6.07, 6.45) is 1.80. The zero-order valence-corrected chi connectivity index (χ0v) is 15.3. The molecule has 2 amide bonds. The van der Waals surface area contributed by atoms with E-state index in [9.17, 15) is 9.59 Å². The Morgan fingerprint density at radius 3 is 2.58 bits per heavy atom. The Balaban J connectivity index is 1.65. The van der Waals surface area contributed by atoms with Crippen LogP contribution in [0.15, 0.2) is 71.6 Å². The predicted octanol–water partition coefficient (Wildman–Crippen LogP) is 5.73. The lowest BCUT2D eigenvalue weighted by Gasteiger charge is -2.12. The van der Waals surface area contributed by atoms with Gasteiger partial charge in [0, 0.05) is 5.02 Å². The summed E-state index contributed by atoms with van der Waals surface area (Å²) in [7, 11) is 0. The molecule has 128 valence electrons. The van der Waals surface area contributed by atoms with E-state index in [0.29, 0.717) is 9.93 Å². The molecule has 0 spiro atoms. The molecule has 0 N–H and O–H groups in total. The number of benzene rings is 3. The second-order valence-electron chi connectivity index (χ2n) is 5.97. The maximum Gasteiger partial charge on any atom is 0.293 e. The zero-order chi connectivity index (χ0) is 18.1.